The summed E-state index contributed by atoms with van der Waals surface area (Å²) in [4.78, 5) is 24.7. The first-order valence-electron chi connectivity index (χ1n) is 7.50. The first-order valence-corrected chi connectivity index (χ1v) is 8.38. The lowest BCUT2D eigenvalue weighted by Crippen LogP contribution is -2.24. The second kappa shape index (κ2) is 7.19. The third kappa shape index (κ3) is 3.84. The van der Waals surface area contributed by atoms with Crippen LogP contribution in [0.5, 0.6) is 0 Å². The van der Waals surface area contributed by atoms with Crippen molar-refractivity contribution in [1.29, 1.82) is 0 Å². The first-order chi connectivity index (χ1) is 11.2. The zero-order valence-electron chi connectivity index (χ0n) is 12.9. The number of thiazole rings is 1. The molecule has 6 heteroatoms. The van der Waals surface area contributed by atoms with Crippen molar-refractivity contribution in [1.82, 2.24) is 20.3 Å². The van der Waals surface area contributed by atoms with Crippen LogP contribution in [0.4, 0.5) is 0 Å². The number of aryl methyl sites for hydroxylation is 2. The largest absolute Gasteiger partial charge is 0.352 e. The third-order valence-corrected chi connectivity index (χ3v) is 4.66. The number of benzene rings is 1. The predicted molar refractivity (Wildman–Crippen MR) is 91.5 cm³/mol. The lowest BCUT2D eigenvalue weighted by Gasteiger charge is -2.06. The van der Waals surface area contributed by atoms with E-state index in [2.05, 4.69) is 20.3 Å². The molecular weight excluding hydrogens is 308 g/mol. The summed E-state index contributed by atoms with van der Waals surface area (Å²) in [7, 11) is 0. The molecule has 3 rings (SSSR count). The van der Waals surface area contributed by atoms with E-state index in [1.54, 1.807) is 23.9 Å². The highest BCUT2D eigenvalue weighted by Crippen LogP contribution is 2.16. The van der Waals surface area contributed by atoms with Crippen LogP contribution in [0, 0.1) is 6.92 Å². The second-order valence-corrected chi connectivity index (χ2v) is 6.20. The Labute approximate surface area is 138 Å². The Morgan fingerprint density at radius 2 is 2.13 bits per heavy atom. The molecule has 0 unspecified atom stereocenters. The first kappa shape index (κ1) is 15.4. The summed E-state index contributed by atoms with van der Waals surface area (Å²) in [6.45, 7) is 2.68. The van der Waals surface area contributed by atoms with E-state index in [1.165, 1.54) is 4.88 Å². The Hall–Kier alpha value is -2.47. The average molecular weight is 326 g/mol. The van der Waals surface area contributed by atoms with Crippen LogP contribution in [0.25, 0.3) is 11.3 Å². The van der Waals surface area contributed by atoms with Gasteiger partial charge in [-0.3, -0.25) is 4.79 Å². The van der Waals surface area contributed by atoms with Gasteiger partial charge in [-0.05, 0) is 37.5 Å². The van der Waals surface area contributed by atoms with Crippen LogP contribution in [-0.4, -0.2) is 27.4 Å². The van der Waals surface area contributed by atoms with Crippen molar-refractivity contribution in [3.63, 3.8) is 0 Å². The Balaban J connectivity index is 1.49. The number of carbonyl (C=O) groups excluding carboxylic acids is 1. The Morgan fingerprint density at radius 3 is 2.78 bits per heavy atom. The zero-order valence-corrected chi connectivity index (χ0v) is 13.7. The van der Waals surface area contributed by atoms with Gasteiger partial charge in [0.05, 0.1) is 29.4 Å². The van der Waals surface area contributed by atoms with Gasteiger partial charge in [0.2, 0.25) is 0 Å². The second-order valence-electron chi connectivity index (χ2n) is 5.26. The minimum Gasteiger partial charge on any atom is -0.352 e. The fourth-order valence-corrected chi connectivity index (χ4v) is 3.16. The number of carbonyl (C=O) groups is 1. The number of rotatable bonds is 6. The smallest absolute Gasteiger partial charge is 0.251 e. The summed E-state index contributed by atoms with van der Waals surface area (Å²) in [5.74, 6) is -0.0396. The summed E-state index contributed by atoms with van der Waals surface area (Å²) in [5.41, 5.74) is 5.58. The van der Waals surface area contributed by atoms with Gasteiger partial charge in [0, 0.05) is 17.0 Å². The quantitative estimate of drug-likeness (QED) is 0.683. The molecule has 0 saturated heterocycles. The molecule has 2 N–H and O–H groups in total. The molecular formula is C17H18N4OS. The molecule has 118 valence electrons. The van der Waals surface area contributed by atoms with E-state index >= 15 is 0 Å². The van der Waals surface area contributed by atoms with Crippen molar-refractivity contribution in [2.24, 2.45) is 0 Å². The number of H-pyrrole nitrogens is 1. The van der Waals surface area contributed by atoms with E-state index in [9.17, 15) is 4.79 Å². The standard InChI is InChI=1S/C17H18N4OS/c1-12-16(23-11-21-12)3-2-8-19-17(22)14-6-4-13(5-7-14)15-9-18-10-20-15/h4-7,9-11H,2-3,8H2,1H3,(H,18,20)(H,19,22). The molecule has 2 aromatic heterocycles. The summed E-state index contributed by atoms with van der Waals surface area (Å²) in [6.07, 6.45) is 5.27. The molecule has 23 heavy (non-hydrogen) atoms. The molecule has 0 aliphatic rings. The highest BCUT2D eigenvalue weighted by atomic mass is 32.1. The molecule has 2 heterocycles. The Morgan fingerprint density at radius 1 is 1.30 bits per heavy atom. The van der Waals surface area contributed by atoms with Gasteiger partial charge in [0.25, 0.3) is 5.91 Å². The molecule has 1 aromatic carbocycles. The van der Waals surface area contributed by atoms with Crippen molar-refractivity contribution >= 4 is 17.2 Å². The molecule has 0 bridgehead atoms. The molecule has 0 saturated carbocycles. The van der Waals surface area contributed by atoms with Gasteiger partial charge >= 0.3 is 0 Å². The molecule has 5 nitrogen and oxygen atoms in total. The highest BCUT2D eigenvalue weighted by Gasteiger charge is 2.06. The van der Waals surface area contributed by atoms with Crippen LogP contribution in [0.2, 0.25) is 0 Å². The summed E-state index contributed by atoms with van der Waals surface area (Å²) in [6, 6.07) is 7.50. The van der Waals surface area contributed by atoms with E-state index in [0.717, 1.165) is 29.8 Å². The van der Waals surface area contributed by atoms with E-state index in [0.29, 0.717) is 12.1 Å². The zero-order chi connectivity index (χ0) is 16.1. The lowest BCUT2D eigenvalue weighted by atomic mass is 10.1. The van der Waals surface area contributed by atoms with E-state index in [-0.39, 0.29) is 5.91 Å². The van der Waals surface area contributed by atoms with Gasteiger partial charge in [-0.15, -0.1) is 11.3 Å². The van der Waals surface area contributed by atoms with Gasteiger partial charge in [0.1, 0.15) is 0 Å². The van der Waals surface area contributed by atoms with Crippen LogP contribution in [0.3, 0.4) is 0 Å². The van der Waals surface area contributed by atoms with Crippen molar-refractivity contribution < 1.29 is 4.79 Å². The van der Waals surface area contributed by atoms with Gasteiger partial charge in [-0.1, -0.05) is 12.1 Å². The SMILES string of the molecule is Cc1ncsc1CCCNC(=O)c1ccc(-c2cnc[nH]2)cc1. The predicted octanol–water partition coefficient (Wildman–Crippen LogP) is 3.20. The Kier molecular flexibility index (Phi) is 4.83. The van der Waals surface area contributed by atoms with Gasteiger partial charge in [0.15, 0.2) is 0 Å². The molecule has 3 aromatic rings. The molecule has 0 aliphatic carbocycles. The van der Waals surface area contributed by atoms with Crippen LogP contribution in [-0.2, 0) is 6.42 Å². The molecule has 1 amide bonds. The summed E-state index contributed by atoms with van der Waals surface area (Å²) >= 11 is 1.67. The van der Waals surface area contributed by atoms with Gasteiger partial charge < -0.3 is 10.3 Å². The monoisotopic (exact) mass is 326 g/mol. The fraction of sp³-hybridized carbons (Fsp3) is 0.235. The Bertz CT molecular complexity index is 762. The number of hydrogen-bond donors (Lipinski definition) is 2. The average Bonchev–Trinajstić information content (AvgIpc) is 3.23. The summed E-state index contributed by atoms with van der Waals surface area (Å²) < 4.78 is 0. The van der Waals surface area contributed by atoms with Crippen molar-refractivity contribution in [3.8, 4) is 11.3 Å². The lowest BCUT2D eigenvalue weighted by molar-refractivity contribution is 0.0953. The fourth-order valence-electron chi connectivity index (χ4n) is 2.33. The highest BCUT2D eigenvalue weighted by molar-refractivity contribution is 7.09. The van der Waals surface area contributed by atoms with Crippen molar-refractivity contribution in [2.75, 3.05) is 6.54 Å². The number of nitrogens with zero attached hydrogens (tertiary/aromatic N) is 2. The van der Waals surface area contributed by atoms with Crippen molar-refractivity contribution in [2.45, 2.75) is 19.8 Å². The van der Waals surface area contributed by atoms with Crippen LogP contribution < -0.4 is 5.32 Å². The topological polar surface area (TPSA) is 70.7 Å². The minimum absolute atomic E-state index is 0.0396. The number of aromatic nitrogens is 3. The van der Waals surface area contributed by atoms with Gasteiger partial charge in [-0.25, -0.2) is 9.97 Å². The summed E-state index contributed by atoms with van der Waals surface area (Å²) in [5, 5.41) is 2.96. The van der Waals surface area contributed by atoms with E-state index in [1.807, 2.05) is 36.7 Å². The maximum atomic E-state index is 12.1. The third-order valence-electron chi connectivity index (χ3n) is 3.67. The van der Waals surface area contributed by atoms with E-state index in [4.69, 9.17) is 0 Å². The number of aromatic amines is 1. The number of amides is 1. The molecule has 0 radical (unpaired) electrons. The molecule has 0 aliphatic heterocycles. The van der Waals surface area contributed by atoms with Crippen LogP contribution in [0.1, 0.15) is 27.3 Å². The maximum absolute atomic E-state index is 12.1. The van der Waals surface area contributed by atoms with E-state index < -0.39 is 0 Å². The molecule has 0 spiro atoms. The number of nitrogens with one attached hydrogen (secondary N) is 2. The van der Waals surface area contributed by atoms with Crippen LogP contribution >= 0.6 is 11.3 Å². The molecule has 0 atom stereocenters. The minimum atomic E-state index is -0.0396. The van der Waals surface area contributed by atoms with Gasteiger partial charge in [-0.2, -0.15) is 0 Å². The van der Waals surface area contributed by atoms with Crippen molar-refractivity contribution in [3.05, 3.63) is 58.4 Å². The molecule has 0 fully saturated rings. The number of hydrogen-bond acceptors (Lipinski definition) is 4. The number of imidazole rings is 1. The maximum Gasteiger partial charge on any atom is 0.251 e. The normalized spacial score (nSPS) is 10.7. The van der Waals surface area contributed by atoms with Crippen LogP contribution in [0.15, 0.2) is 42.3 Å².